The van der Waals surface area contributed by atoms with E-state index in [0.29, 0.717) is 6.54 Å². The molecule has 1 aliphatic rings. The Morgan fingerprint density at radius 2 is 2.21 bits per heavy atom. The smallest absolute Gasteiger partial charge is 0.305 e. The van der Waals surface area contributed by atoms with E-state index in [4.69, 9.17) is 5.11 Å². The van der Waals surface area contributed by atoms with Gasteiger partial charge < -0.3 is 14.9 Å². The van der Waals surface area contributed by atoms with Crippen LogP contribution < -0.4 is 9.80 Å². The predicted octanol–water partition coefficient (Wildman–Crippen LogP) is 0.941. The summed E-state index contributed by atoms with van der Waals surface area (Å²) in [5.41, 5.74) is 0. The molecule has 0 unspecified atom stereocenters. The van der Waals surface area contributed by atoms with Crippen LogP contribution in [0.1, 0.15) is 6.42 Å². The number of carboxylic acids is 1. The first-order chi connectivity index (χ1) is 9.16. The number of anilines is 2. The van der Waals surface area contributed by atoms with Crippen LogP contribution in [0.15, 0.2) is 12.4 Å². The average Bonchev–Trinajstić information content (AvgIpc) is 2.46. The number of thioether (sulfide) groups is 1. The SMILES string of the molecule is CN(CCC(=O)O)c1cc(N2CCSCC2)ncn1. The molecule has 0 saturated carbocycles. The standard InChI is InChI=1S/C12H18N4O2S/c1-15(3-2-12(17)18)10-8-11(14-9-13-10)16-4-6-19-7-5-16/h8-9H,2-7H2,1H3,(H,17,18). The minimum absolute atomic E-state index is 0.107. The second kappa shape index (κ2) is 6.60. The molecule has 0 amide bonds. The zero-order chi connectivity index (χ0) is 13.7. The molecule has 0 aromatic carbocycles. The Morgan fingerprint density at radius 3 is 2.89 bits per heavy atom. The van der Waals surface area contributed by atoms with Crippen molar-refractivity contribution in [1.29, 1.82) is 0 Å². The summed E-state index contributed by atoms with van der Waals surface area (Å²) in [5, 5.41) is 8.70. The van der Waals surface area contributed by atoms with Gasteiger partial charge in [-0.2, -0.15) is 11.8 Å². The van der Waals surface area contributed by atoms with Crippen molar-refractivity contribution in [2.45, 2.75) is 6.42 Å². The molecule has 19 heavy (non-hydrogen) atoms. The van der Waals surface area contributed by atoms with E-state index in [1.54, 1.807) is 6.33 Å². The molecule has 0 aliphatic carbocycles. The first-order valence-corrected chi connectivity index (χ1v) is 7.40. The molecule has 1 fully saturated rings. The van der Waals surface area contributed by atoms with Crippen molar-refractivity contribution in [3.8, 4) is 0 Å². The van der Waals surface area contributed by atoms with Crippen LogP contribution in [-0.4, -0.2) is 59.2 Å². The van der Waals surface area contributed by atoms with E-state index in [2.05, 4.69) is 14.9 Å². The number of carbonyl (C=O) groups is 1. The highest BCUT2D eigenvalue weighted by Gasteiger charge is 2.14. The molecule has 0 spiro atoms. The van der Waals surface area contributed by atoms with Crippen molar-refractivity contribution >= 4 is 29.4 Å². The van der Waals surface area contributed by atoms with Gasteiger partial charge in [-0.3, -0.25) is 4.79 Å². The maximum atomic E-state index is 10.6. The van der Waals surface area contributed by atoms with Gasteiger partial charge in [0.2, 0.25) is 0 Å². The molecule has 1 aromatic rings. The number of carboxylic acid groups (broad SMARTS) is 1. The molecular weight excluding hydrogens is 264 g/mol. The fourth-order valence-corrected chi connectivity index (χ4v) is 2.79. The van der Waals surface area contributed by atoms with E-state index >= 15 is 0 Å². The molecule has 0 radical (unpaired) electrons. The normalized spacial score (nSPS) is 15.3. The highest BCUT2D eigenvalue weighted by molar-refractivity contribution is 7.99. The molecule has 1 N–H and O–H groups in total. The first kappa shape index (κ1) is 13.9. The molecule has 0 bridgehead atoms. The topological polar surface area (TPSA) is 69.6 Å². The lowest BCUT2D eigenvalue weighted by molar-refractivity contribution is -0.136. The molecular formula is C12H18N4O2S. The minimum atomic E-state index is -0.797. The Morgan fingerprint density at radius 1 is 1.47 bits per heavy atom. The Kier molecular flexibility index (Phi) is 4.84. The molecule has 0 atom stereocenters. The van der Waals surface area contributed by atoms with Crippen molar-refractivity contribution in [3.63, 3.8) is 0 Å². The number of aromatic nitrogens is 2. The van der Waals surface area contributed by atoms with Crippen LogP contribution in [0.5, 0.6) is 0 Å². The van der Waals surface area contributed by atoms with E-state index in [0.717, 1.165) is 36.2 Å². The monoisotopic (exact) mass is 282 g/mol. The summed E-state index contributed by atoms with van der Waals surface area (Å²) in [5.74, 6) is 3.13. The van der Waals surface area contributed by atoms with Crippen LogP contribution in [-0.2, 0) is 4.79 Å². The van der Waals surface area contributed by atoms with Crippen LogP contribution in [0.2, 0.25) is 0 Å². The molecule has 6 nitrogen and oxygen atoms in total. The second-order valence-corrected chi connectivity index (χ2v) is 5.62. The zero-order valence-corrected chi connectivity index (χ0v) is 11.8. The quantitative estimate of drug-likeness (QED) is 0.862. The lowest BCUT2D eigenvalue weighted by Crippen LogP contribution is -2.33. The highest BCUT2D eigenvalue weighted by atomic mass is 32.2. The number of hydrogen-bond donors (Lipinski definition) is 1. The molecule has 1 aliphatic heterocycles. The van der Waals surface area contributed by atoms with Gasteiger partial charge in [0.05, 0.1) is 6.42 Å². The fourth-order valence-electron chi connectivity index (χ4n) is 1.89. The van der Waals surface area contributed by atoms with E-state index in [9.17, 15) is 4.79 Å². The summed E-state index contributed by atoms with van der Waals surface area (Å²) in [6, 6.07) is 1.93. The van der Waals surface area contributed by atoms with Crippen LogP contribution in [0.3, 0.4) is 0 Å². The molecule has 1 saturated heterocycles. The summed E-state index contributed by atoms with van der Waals surface area (Å²) in [6.07, 6.45) is 1.65. The number of aliphatic carboxylic acids is 1. The van der Waals surface area contributed by atoms with Crippen molar-refractivity contribution in [2.75, 3.05) is 48.0 Å². The summed E-state index contributed by atoms with van der Waals surface area (Å²) in [4.78, 5) is 23.2. The third kappa shape index (κ3) is 3.99. The van der Waals surface area contributed by atoms with Gasteiger partial charge >= 0.3 is 5.97 Å². The summed E-state index contributed by atoms with van der Waals surface area (Å²) < 4.78 is 0. The summed E-state index contributed by atoms with van der Waals surface area (Å²) in [6.45, 7) is 2.45. The maximum Gasteiger partial charge on any atom is 0.305 e. The van der Waals surface area contributed by atoms with Crippen LogP contribution in [0.25, 0.3) is 0 Å². The van der Waals surface area contributed by atoms with Gasteiger partial charge in [-0.1, -0.05) is 0 Å². The maximum absolute atomic E-state index is 10.6. The minimum Gasteiger partial charge on any atom is -0.481 e. The Balaban J connectivity index is 2.03. The van der Waals surface area contributed by atoms with Gasteiger partial charge in [-0.05, 0) is 0 Å². The molecule has 2 rings (SSSR count). The third-order valence-electron chi connectivity index (χ3n) is 3.03. The van der Waals surface area contributed by atoms with Crippen molar-refractivity contribution in [1.82, 2.24) is 9.97 Å². The fraction of sp³-hybridized carbons (Fsp3) is 0.583. The van der Waals surface area contributed by atoms with Crippen molar-refractivity contribution in [3.05, 3.63) is 12.4 Å². The molecule has 7 heteroatoms. The number of hydrogen-bond acceptors (Lipinski definition) is 6. The summed E-state index contributed by atoms with van der Waals surface area (Å²) in [7, 11) is 1.85. The first-order valence-electron chi connectivity index (χ1n) is 6.24. The zero-order valence-electron chi connectivity index (χ0n) is 10.9. The van der Waals surface area contributed by atoms with Crippen molar-refractivity contribution < 1.29 is 9.90 Å². The Labute approximate surface area is 116 Å². The van der Waals surface area contributed by atoms with E-state index < -0.39 is 5.97 Å². The van der Waals surface area contributed by atoms with Crippen molar-refractivity contribution in [2.24, 2.45) is 0 Å². The van der Waals surface area contributed by atoms with Gasteiger partial charge in [0, 0.05) is 44.3 Å². The highest BCUT2D eigenvalue weighted by Crippen LogP contribution is 2.20. The average molecular weight is 282 g/mol. The van der Waals surface area contributed by atoms with Crippen LogP contribution in [0, 0.1) is 0 Å². The van der Waals surface area contributed by atoms with E-state index in [-0.39, 0.29) is 6.42 Å². The molecule has 1 aromatic heterocycles. The van der Waals surface area contributed by atoms with Gasteiger partial charge in [0.25, 0.3) is 0 Å². The van der Waals surface area contributed by atoms with Gasteiger partial charge in [0.1, 0.15) is 18.0 Å². The Bertz CT molecular complexity index is 437. The Hall–Kier alpha value is -1.50. The lowest BCUT2D eigenvalue weighted by Gasteiger charge is -2.28. The van der Waals surface area contributed by atoms with Gasteiger partial charge in [-0.15, -0.1) is 0 Å². The lowest BCUT2D eigenvalue weighted by atomic mass is 10.3. The third-order valence-corrected chi connectivity index (χ3v) is 3.97. The largest absolute Gasteiger partial charge is 0.481 e. The van der Waals surface area contributed by atoms with Gasteiger partial charge in [-0.25, -0.2) is 9.97 Å². The second-order valence-electron chi connectivity index (χ2n) is 4.40. The van der Waals surface area contributed by atoms with Crippen LogP contribution in [0.4, 0.5) is 11.6 Å². The van der Waals surface area contributed by atoms with E-state index in [1.807, 2.05) is 29.8 Å². The number of nitrogens with zero attached hydrogens (tertiary/aromatic N) is 4. The number of rotatable bonds is 5. The molecule has 104 valence electrons. The predicted molar refractivity (Wildman–Crippen MR) is 77.1 cm³/mol. The molecule has 2 heterocycles. The van der Waals surface area contributed by atoms with Gasteiger partial charge in [0.15, 0.2) is 0 Å². The summed E-state index contributed by atoms with van der Waals surface area (Å²) >= 11 is 1.95. The van der Waals surface area contributed by atoms with E-state index in [1.165, 1.54) is 0 Å². The van der Waals surface area contributed by atoms with Crippen LogP contribution >= 0.6 is 11.8 Å².